The lowest BCUT2D eigenvalue weighted by Crippen LogP contribution is -2.30. The summed E-state index contributed by atoms with van der Waals surface area (Å²) in [6.45, 7) is 1.73. The lowest BCUT2D eigenvalue weighted by atomic mass is 10.1. The minimum absolute atomic E-state index is 0.203. The smallest absolute Gasteiger partial charge is 0.226 e. The summed E-state index contributed by atoms with van der Waals surface area (Å²) in [5, 5.41) is 0.703. The molecule has 0 radical (unpaired) electrons. The number of likely N-dealkylation sites (tertiary alicyclic amines) is 1. The fourth-order valence-electron chi connectivity index (χ4n) is 2.34. The van der Waals surface area contributed by atoms with Gasteiger partial charge in [0.05, 0.1) is 6.42 Å². The fourth-order valence-corrected chi connectivity index (χ4v) is 2.77. The average Bonchev–Trinajstić information content (AvgIpc) is 2.81. The van der Waals surface area contributed by atoms with E-state index in [1.807, 2.05) is 29.2 Å². The molecule has 0 spiro atoms. The van der Waals surface area contributed by atoms with E-state index in [0.717, 1.165) is 31.5 Å². The van der Waals surface area contributed by atoms with Gasteiger partial charge in [-0.2, -0.15) is 0 Å². The van der Waals surface area contributed by atoms with Crippen molar-refractivity contribution in [1.82, 2.24) is 4.90 Å². The van der Waals surface area contributed by atoms with E-state index in [1.54, 1.807) is 0 Å². The Labute approximate surface area is 118 Å². The molecule has 18 heavy (non-hydrogen) atoms. The van der Waals surface area contributed by atoms with Gasteiger partial charge in [-0.05, 0) is 36.5 Å². The van der Waals surface area contributed by atoms with Crippen LogP contribution >= 0.6 is 23.2 Å². The van der Waals surface area contributed by atoms with Gasteiger partial charge in [-0.1, -0.05) is 23.7 Å². The van der Waals surface area contributed by atoms with Crippen molar-refractivity contribution in [3.63, 3.8) is 0 Å². The number of rotatable bonds is 4. The first kappa shape index (κ1) is 13.7. The highest BCUT2D eigenvalue weighted by atomic mass is 35.5. The lowest BCUT2D eigenvalue weighted by molar-refractivity contribution is -0.129. The maximum atomic E-state index is 12.1. The zero-order valence-corrected chi connectivity index (χ0v) is 11.8. The monoisotopic (exact) mass is 285 g/mol. The summed E-state index contributed by atoms with van der Waals surface area (Å²) < 4.78 is 0. The van der Waals surface area contributed by atoms with Gasteiger partial charge in [0.1, 0.15) is 0 Å². The standard InChI is InChI=1S/C14H17Cl2NO/c15-7-5-12-6-8-17(10-12)14(18)9-11-1-3-13(16)4-2-11/h1-4,12H,5-10H2. The molecule has 2 rings (SSSR count). The van der Waals surface area contributed by atoms with Crippen molar-refractivity contribution in [3.8, 4) is 0 Å². The highest BCUT2D eigenvalue weighted by Crippen LogP contribution is 2.21. The molecule has 0 N–H and O–H groups in total. The summed E-state index contributed by atoms with van der Waals surface area (Å²) in [5.74, 6) is 1.47. The highest BCUT2D eigenvalue weighted by Gasteiger charge is 2.25. The van der Waals surface area contributed by atoms with Crippen LogP contribution in [0.15, 0.2) is 24.3 Å². The van der Waals surface area contributed by atoms with Crippen LogP contribution in [0.5, 0.6) is 0 Å². The Hall–Kier alpha value is -0.730. The topological polar surface area (TPSA) is 20.3 Å². The molecule has 0 bridgehead atoms. The molecule has 1 aromatic carbocycles. The van der Waals surface area contributed by atoms with Gasteiger partial charge < -0.3 is 4.90 Å². The Morgan fingerprint density at radius 1 is 1.33 bits per heavy atom. The SMILES string of the molecule is O=C(Cc1ccc(Cl)cc1)N1CCC(CCCl)C1. The number of benzene rings is 1. The maximum Gasteiger partial charge on any atom is 0.226 e. The van der Waals surface area contributed by atoms with Gasteiger partial charge in [-0.15, -0.1) is 11.6 Å². The van der Waals surface area contributed by atoms with Crippen LogP contribution in [0.1, 0.15) is 18.4 Å². The number of halogens is 2. The third-order valence-corrected chi connectivity index (χ3v) is 3.89. The molecule has 1 heterocycles. The van der Waals surface area contributed by atoms with E-state index in [0.29, 0.717) is 23.2 Å². The summed E-state index contributed by atoms with van der Waals surface area (Å²) in [6, 6.07) is 7.47. The van der Waals surface area contributed by atoms with E-state index in [4.69, 9.17) is 23.2 Å². The summed E-state index contributed by atoms with van der Waals surface area (Å²) in [7, 11) is 0. The molecule has 0 aliphatic carbocycles. The van der Waals surface area contributed by atoms with Crippen LogP contribution in [-0.2, 0) is 11.2 Å². The number of alkyl halides is 1. The van der Waals surface area contributed by atoms with E-state index in [2.05, 4.69) is 0 Å². The first-order valence-electron chi connectivity index (χ1n) is 6.27. The quantitative estimate of drug-likeness (QED) is 0.777. The third-order valence-electron chi connectivity index (χ3n) is 3.42. The van der Waals surface area contributed by atoms with Crippen molar-refractivity contribution in [3.05, 3.63) is 34.9 Å². The first-order chi connectivity index (χ1) is 8.69. The summed E-state index contributed by atoms with van der Waals surface area (Å²) >= 11 is 11.6. The van der Waals surface area contributed by atoms with Crippen molar-refractivity contribution in [1.29, 1.82) is 0 Å². The Morgan fingerprint density at radius 2 is 2.06 bits per heavy atom. The van der Waals surface area contributed by atoms with Crippen LogP contribution in [0.4, 0.5) is 0 Å². The van der Waals surface area contributed by atoms with Crippen LogP contribution in [0.2, 0.25) is 5.02 Å². The van der Waals surface area contributed by atoms with E-state index < -0.39 is 0 Å². The summed E-state index contributed by atoms with van der Waals surface area (Å²) in [6.07, 6.45) is 2.55. The van der Waals surface area contributed by atoms with Gasteiger partial charge in [0.2, 0.25) is 5.91 Å². The number of hydrogen-bond acceptors (Lipinski definition) is 1. The molecule has 2 nitrogen and oxygen atoms in total. The Morgan fingerprint density at radius 3 is 2.72 bits per heavy atom. The molecule has 1 saturated heterocycles. The molecule has 1 unspecified atom stereocenters. The lowest BCUT2D eigenvalue weighted by Gasteiger charge is -2.16. The van der Waals surface area contributed by atoms with E-state index in [1.165, 1.54) is 0 Å². The van der Waals surface area contributed by atoms with Gasteiger partial charge >= 0.3 is 0 Å². The Kier molecular flexibility index (Phi) is 4.90. The van der Waals surface area contributed by atoms with Gasteiger partial charge in [-0.3, -0.25) is 4.79 Å². The minimum Gasteiger partial charge on any atom is -0.342 e. The first-order valence-corrected chi connectivity index (χ1v) is 7.18. The molecule has 0 aromatic heterocycles. The molecule has 98 valence electrons. The van der Waals surface area contributed by atoms with Gasteiger partial charge in [0, 0.05) is 24.0 Å². The number of amides is 1. The summed E-state index contributed by atoms with van der Waals surface area (Å²) in [4.78, 5) is 14.1. The van der Waals surface area contributed by atoms with Crippen molar-refractivity contribution >= 4 is 29.1 Å². The van der Waals surface area contributed by atoms with Crippen LogP contribution in [0.25, 0.3) is 0 Å². The van der Waals surface area contributed by atoms with Crippen molar-refractivity contribution in [2.24, 2.45) is 5.92 Å². The molecular formula is C14H17Cl2NO. The zero-order chi connectivity index (χ0) is 13.0. The van der Waals surface area contributed by atoms with E-state index >= 15 is 0 Å². The number of hydrogen-bond donors (Lipinski definition) is 0. The molecular weight excluding hydrogens is 269 g/mol. The van der Waals surface area contributed by atoms with E-state index in [-0.39, 0.29) is 5.91 Å². The van der Waals surface area contributed by atoms with Crippen molar-refractivity contribution in [2.75, 3.05) is 19.0 Å². The van der Waals surface area contributed by atoms with Gasteiger partial charge in [0.25, 0.3) is 0 Å². The second-order valence-corrected chi connectivity index (χ2v) is 5.59. The third kappa shape index (κ3) is 3.63. The molecule has 1 amide bonds. The zero-order valence-electron chi connectivity index (χ0n) is 10.2. The number of nitrogens with zero attached hydrogens (tertiary/aromatic N) is 1. The highest BCUT2D eigenvalue weighted by molar-refractivity contribution is 6.30. The second-order valence-electron chi connectivity index (χ2n) is 4.78. The molecule has 1 atom stereocenters. The maximum absolute atomic E-state index is 12.1. The molecule has 1 aliphatic heterocycles. The van der Waals surface area contributed by atoms with Crippen LogP contribution in [0.3, 0.4) is 0 Å². The average molecular weight is 286 g/mol. The van der Waals surface area contributed by atoms with Crippen molar-refractivity contribution < 1.29 is 4.79 Å². The van der Waals surface area contributed by atoms with Crippen molar-refractivity contribution in [2.45, 2.75) is 19.3 Å². The molecule has 1 aliphatic rings. The summed E-state index contributed by atoms with van der Waals surface area (Å²) in [5.41, 5.74) is 1.02. The number of carbonyl (C=O) groups excluding carboxylic acids is 1. The number of carbonyl (C=O) groups is 1. The second kappa shape index (κ2) is 6.44. The molecule has 1 aromatic rings. The van der Waals surface area contributed by atoms with Crippen LogP contribution < -0.4 is 0 Å². The predicted molar refractivity (Wildman–Crippen MR) is 75.2 cm³/mol. The fraction of sp³-hybridized carbons (Fsp3) is 0.500. The van der Waals surface area contributed by atoms with Gasteiger partial charge in [-0.25, -0.2) is 0 Å². The Balaban J connectivity index is 1.87. The normalized spacial score (nSPS) is 19.2. The van der Waals surface area contributed by atoms with Crippen LogP contribution in [-0.4, -0.2) is 29.8 Å². The largest absolute Gasteiger partial charge is 0.342 e. The molecule has 1 fully saturated rings. The van der Waals surface area contributed by atoms with Gasteiger partial charge in [0.15, 0.2) is 0 Å². The van der Waals surface area contributed by atoms with Crippen LogP contribution in [0, 0.1) is 5.92 Å². The van der Waals surface area contributed by atoms with E-state index in [9.17, 15) is 4.79 Å². The minimum atomic E-state index is 0.203. The predicted octanol–water partition coefficient (Wildman–Crippen LogP) is 3.36. The molecule has 0 saturated carbocycles. The Bertz CT molecular complexity index is 405. The molecule has 4 heteroatoms.